The Hall–Kier alpha value is -3.26. The Morgan fingerprint density at radius 3 is 2.65 bits per heavy atom. The number of amides is 1. The van der Waals surface area contributed by atoms with Crippen LogP contribution in [0.3, 0.4) is 0 Å². The zero-order valence-electron chi connectivity index (χ0n) is 17.1. The maximum atomic E-state index is 13.5. The van der Waals surface area contributed by atoms with Crippen LogP contribution in [0.5, 0.6) is 0 Å². The van der Waals surface area contributed by atoms with Crippen molar-refractivity contribution in [1.29, 1.82) is 0 Å². The van der Waals surface area contributed by atoms with Gasteiger partial charge in [0.2, 0.25) is 5.91 Å². The minimum Gasteiger partial charge on any atom is -0.361 e. The summed E-state index contributed by atoms with van der Waals surface area (Å²) in [6, 6.07) is 10.7. The van der Waals surface area contributed by atoms with Gasteiger partial charge in [0.1, 0.15) is 5.82 Å². The summed E-state index contributed by atoms with van der Waals surface area (Å²) < 4.78 is 13.5. The van der Waals surface area contributed by atoms with Gasteiger partial charge in [0.15, 0.2) is 0 Å². The number of non-ortho nitro benzene ring substituents is 1. The number of nitrogens with one attached hydrogen (secondary N) is 2. The molecule has 2 N–H and O–H groups in total. The van der Waals surface area contributed by atoms with Gasteiger partial charge >= 0.3 is 0 Å². The van der Waals surface area contributed by atoms with Crippen LogP contribution in [0.15, 0.2) is 48.7 Å². The number of likely N-dealkylation sites (tertiary alicyclic amines) is 1. The van der Waals surface area contributed by atoms with Crippen molar-refractivity contribution < 1.29 is 14.1 Å². The smallest absolute Gasteiger partial charge is 0.270 e. The molecule has 1 saturated heterocycles. The van der Waals surface area contributed by atoms with Crippen LogP contribution in [0.1, 0.15) is 36.3 Å². The highest BCUT2D eigenvalue weighted by Crippen LogP contribution is 2.35. The van der Waals surface area contributed by atoms with Crippen LogP contribution in [-0.4, -0.2) is 46.9 Å². The Balaban J connectivity index is 1.58. The van der Waals surface area contributed by atoms with Gasteiger partial charge in [-0.2, -0.15) is 0 Å². The highest BCUT2D eigenvalue weighted by atomic mass is 19.1. The van der Waals surface area contributed by atoms with Crippen LogP contribution in [0.4, 0.5) is 10.1 Å². The van der Waals surface area contributed by atoms with Crippen molar-refractivity contribution in [3.05, 3.63) is 75.7 Å². The maximum Gasteiger partial charge on any atom is 0.270 e. The molecule has 0 radical (unpaired) electrons. The molecule has 162 valence electrons. The topological polar surface area (TPSA) is 91.3 Å². The number of nitro groups is 1. The highest BCUT2D eigenvalue weighted by molar-refractivity contribution is 5.87. The van der Waals surface area contributed by atoms with Crippen molar-refractivity contribution in [3.8, 4) is 0 Å². The number of halogens is 1. The Kier molecular flexibility index (Phi) is 6.27. The van der Waals surface area contributed by atoms with E-state index in [1.165, 1.54) is 37.1 Å². The van der Waals surface area contributed by atoms with Gasteiger partial charge in [-0.3, -0.25) is 14.9 Å². The molecule has 1 aliphatic rings. The number of hydrogen-bond acceptors (Lipinski definition) is 4. The van der Waals surface area contributed by atoms with E-state index in [1.54, 1.807) is 24.4 Å². The van der Waals surface area contributed by atoms with Crippen molar-refractivity contribution in [2.24, 2.45) is 0 Å². The summed E-state index contributed by atoms with van der Waals surface area (Å²) in [5, 5.41) is 14.9. The van der Waals surface area contributed by atoms with Crippen molar-refractivity contribution in [1.82, 2.24) is 15.2 Å². The molecule has 1 atom stereocenters. The predicted octanol–water partition coefficient (Wildman–Crippen LogP) is 3.95. The van der Waals surface area contributed by atoms with Crippen LogP contribution in [0, 0.1) is 15.9 Å². The number of carbonyl (C=O) groups excluding carboxylic acids is 1. The van der Waals surface area contributed by atoms with Gasteiger partial charge < -0.3 is 15.2 Å². The molecule has 1 aromatic heterocycles. The van der Waals surface area contributed by atoms with E-state index in [4.69, 9.17) is 0 Å². The fourth-order valence-corrected chi connectivity index (χ4v) is 4.25. The molecule has 2 heterocycles. The average Bonchev–Trinajstić information content (AvgIpc) is 3.42. The first-order chi connectivity index (χ1) is 15.0. The lowest BCUT2D eigenvalue weighted by atomic mass is 9.88. The summed E-state index contributed by atoms with van der Waals surface area (Å²) in [5.74, 6) is -0.816. The van der Waals surface area contributed by atoms with Crippen molar-refractivity contribution >= 4 is 22.5 Å². The van der Waals surface area contributed by atoms with Gasteiger partial charge in [0, 0.05) is 54.7 Å². The number of H-pyrrole nitrogens is 1. The minimum atomic E-state index is -0.436. The lowest BCUT2D eigenvalue weighted by molar-refractivity contribution is -0.384. The summed E-state index contributed by atoms with van der Waals surface area (Å²) in [7, 11) is 0. The molecule has 4 rings (SSSR count). The van der Waals surface area contributed by atoms with E-state index in [9.17, 15) is 19.3 Å². The minimum absolute atomic E-state index is 0.0127. The molecule has 7 nitrogen and oxygen atoms in total. The molecule has 0 saturated carbocycles. The molecular formula is C23H25FN4O3. The molecule has 0 aliphatic carbocycles. The van der Waals surface area contributed by atoms with Gasteiger partial charge in [-0.25, -0.2) is 4.39 Å². The fourth-order valence-electron chi connectivity index (χ4n) is 4.25. The summed E-state index contributed by atoms with van der Waals surface area (Å²) in [5.41, 5.74) is 2.30. The number of carbonyl (C=O) groups is 1. The number of benzene rings is 2. The summed E-state index contributed by atoms with van der Waals surface area (Å²) in [6.45, 7) is 3.55. The zero-order chi connectivity index (χ0) is 21.8. The van der Waals surface area contributed by atoms with Crippen molar-refractivity contribution in [3.63, 3.8) is 0 Å². The van der Waals surface area contributed by atoms with E-state index < -0.39 is 4.92 Å². The molecule has 2 aromatic carbocycles. The van der Waals surface area contributed by atoms with Crippen LogP contribution >= 0.6 is 0 Å². The number of rotatable bonds is 8. The largest absolute Gasteiger partial charge is 0.361 e. The zero-order valence-corrected chi connectivity index (χ0v) is 17.1. The number of nitro benzene ring substituents is 1. The second kappa shape index (κ2) is 9.26. The van der Waals surface area contributed by atoms with Crippen molar-refractivity contribution in [2.75, 3.05) is 26.2 Å². The van der Waals surface area contributed by atoms with Gasteiger partial charge in [-0.05, 0) is 55.3 Å². The second-order valence-electron chi connectivity index (χ2n) is 7.94. The second-order valence-corrected chi connectivity index (χ2v) is 7.94. The summed E-state index contributed by atoms with van der Waals surface area (Å²) in [6.07, 6.45) is 4.35. The van der Waals surface area contributed by atoms with Crippen LogP contribution in [0.25, 0.3) is 10.9 Å². The Bertz CT molecular complexity index is 1070. The number of nitrogens with zero attached hydrogens (tertiary/aromatic N) is 2. The van der Waals surface area contributed by atoms with Gasteiger partial charge in [0.05, 0.1) is 4.92 Å². The van der Waals surface area contributed by atoms with E-state index in [0.29, 0.717) is 11.9 Å². The molecule has 0 bridgehead atoms. The number of aromatic nitrogens is 1. The first-order valence-corrected chi connectivity index (χ1v) is 10.5. The Morgan fingerprint density at radius 2 is 1.94 bits per heavy atom. The standard InChI is InChI=1S/C23H25FN4O3/c24-17-5-3-16(4-6-17)19(14-23(29)25-9-12-27-10-1-2-11-27)21-15-26-22-8-7-18(28(30)31)13-20(21)22/h3-8,13,15,19,26H,1-2,9-12,14H2,(H,25,29). The molecule has 3 aromatic rings. The van der Waals surface area contributed by atoms with Gasteiger partial charge in [-0.15, -0.1) is 0 Å². The van der Waals surface area contributed by atoms with E-state index in [-0.39, 0.29) is 29.8 Å². The molecule has 1 fully saturated rings. The third-order valence-electron chi connectivity index (χ3n) is 5.89. The molecule has 1 aliphatic heterocycles. The molecule has 1 amide bonds. The SMILES string of the molecule is O=C(CC(c1ccc(F)cc1)c1c[nH]c2ccc([N+](=O)[O-])cc12)NCCN1CCCC1. The first-order valence-electron chi connectivity index (χ1n) is 10.5. The molecule has 31 heavy (non-hydrogen) atoms. The normalized spacial score (nSPS) is 15.3. The lowest BCUT2D eigenvalue weighted by Crippen LogP contribution is -2.34. The molecular weight excluding hydrogens is 399 g/mol. The third-order valence-corrected chi connectivity index (χ3v) is 5.89. The summed E-state index contributed by atoms with van der Waals surface area (Å²) in [4.78, 5) is 29.0. The third kappa shape index (κ3) is 4.91. The molecule has 8 heteroatoms. The maximum absolute atomic E-state index is 13.5. The monoisotopic (exact) mass is 424 g/mol. The lowest BCUT2D eigenvalue weighted by Gasteiger charge is -2.19. The summed E-state index contributed by atoms with van der Waals surface area (Å²) >= 11 is 0. The number of hydrogen-bond donors (Lipinski definition) is 2. The molecule has 0 spiro atoms. The van der Waals surface area contributed by atoms with Crippen LogP contribution in [-0.2, 0) is 4.79 Å². The van der Waals surface area contributed by atoms with Gasteiger partial charge in [0.25, 0.3) is 5.69 Å². The van der Waals surface area contributed by atoms with Crippen molar-refractivity contribution in [2.45, 2.75) is 25.2 Å². The average molecular weight is 424 g/mol. The van der Waals surface area contributed by atoms with E-state index in [2.05, 4.69) is 15.2 Å². The number of fused-ring (bicyclic) bond motifs is 1. The van der Waals surface area contributed by atoms with E-state index in [1.807, 2.05) is 0 Å². The Labute approximate surface area is 179 Å². The highest BCUT2D eigenvalue weighted by Gasteiger charge is 2.23. The quantitative estimate of drug-likeness (QED) is 0.423. The first kappa shape index (κ1) is 21.0. The van der Waals surface area contributed by atoms with Crippen LogP contribution < -0.4 is 5.32 Å². The van der Waals surface area contributed by atoms with E-state index in [0.717, 1.165) is 36.3 Å². The van der Waals surface area contributed by atoms with Crippen LogP contribution in [0.2, 0.25) is 0 Å². The predicted molar refractivity (Wildman–Crippen MR) is 116 cm³/mol. The van der Waals surface area contributed by atoms with Gasteiger partial charge in [-0.1, -0.05) is 12.1 Å². The number of aromatic amines is 1. The molecule has 1 unspecified atom stereocenters. The Morgan fingerprint density at radius 1 is 1.19 bits per heavy atom. The fraction of sp³-hybridized carbons (Fsp3) is 0.348. The van der Waals surface area contributed by atoms with E-state index >= 15 is 0 Å².